The molecule has 1 aliphatic carbocycles. The molecular weight excluding hydrogens is 518 g/mol. The summed E-state index contributed by atoms with van der Waals surface area (Å²) in [6, 6.07) is 17.9. The van der Waals surface area contributed by atoms with Gasteiger partial charge in [0.1, 0.15) is 5.75 Å². The Kier molecular flexibility index (Phi) is 9.58. The van der Waals surface area contributed by atoms with Crippen LogP contribution in [0.3, 0.4) is 0 Å². The standard InChI is InChI=1S/C34H41NO6/c1-34(2,3)33(38)41-27-15-14-24-18-26(13-12-25(24)19-27)28-20-30(39-4)31(40-5)21-29(28)35-16-6-7-22-8-10-23(11-9-22)17-32(36)37/h8-11,14-15,19-21,26,35H,6-7,12-13,16-18H2,1-5H3,(H,36,37)/t26-/m0/s1. The minimum Gasteiger partial charge on any atom is -0.493 e. The topological polar surface area (TPSA) is 94.1 Å². The molecule has 0 spiro atoms. The zero-order valence-corrected chi connectivity index (χ0v) is 24.7. The molecule has 3 aromatic rings. The number of anilines is 1. The molecule has 7 nitrogen and oxygen atoms in total. The van der Waals surface area contributed by atoms with E-state index in [0.717, 1.165) is 49.9 Å². The summed E-state index contributed by atoms with van der Waals surface area (Å²) < 4.78 is 16.9. The fraction of sp³-hybridized carbons (Fsp3) is 0.412. The van der Waals surface area contributed by atoms with E-state index in [9.17, 15) is 9.59 Å². The number of carboxylic acids is 1. The van der Waals surface area contributed by atoms with E-state index in [1.807, 2.05) is 63.2 Å². The van der Waals surface area contributed by atoms with Gasteiger partial charge in [0.25, 0.3) is 0 Å². The van der Waals surface area contributed by atoms with Gasteiger partial charge in [-0.25, -0.2) is 0 Å². The Morgan fingerprint density at radius 1 is 0.927 bits per heavy atom. The first-order valence-electron chi connectivity index (χ1n) is 14.2. The normalized spacial score (nSPS) is 14.6. The quantitative estimate of drug-likeness (QED) is 0.155. The Hall–Kier alpha value is -4.00. The van der Waals surface area contributed by atoms with Crippen LogP contribution in [0.4, 0.5) is 5.69 Å². The zero-order valence-electron chi connectivity index (χ0n) is 24.7. The van der Waals surface area contributed by atoms with E-state index < -0.39 is 11.4 Å². The number of benzene rings is 3. The summed E-state index contributed by atoms with van der Waals surface area (Å²) in [6.45, 7) is 6.35. The van der Waals surface area contributed by atoms with Crippen molar-refractivity contribution in [1.29, 1.82) is 0 Å². The number of fused-ring (bicyclic) bond motifs is 1. The third-order valence-corrected chi connectivity index (χ3v) is 7.56. The number of methoxy groups -OCH3 is 2. The van der Waals surface area contributed by atoms with Gasteiger partial charge in [-0.15, -0.1) is 0 Å². The third-order valence-electron chi connectivity index (χ3n) is 7.56. The van der Waals surface area contributed by atoms with Crippen LogP contribution in [0.1, 0.15) is 67.3 Å². The number of aliphatic carboxylic acids is 1. The fourth-order valence-electron chi connectivity index (χ4n) is 5.22. The summed E-state index contributed by atoms with van der Waals surface area (Å²) in [4.78, 5) is 23.3. The van der Waals surface area contributed by atoms with Crippen molar-refractivity contribution in [2.45, 2.75) is 65.2 Å². The van der Waals surface area contributed by atoms with Gasteiger partial charge in [-0.05, 0) is 105 Å². The van der Waals surface area contributed by atoms with Gasteiger partial charge in [-0.1, -0.05) is 30.3 Å². The Labute approximate surface area is 242 Å². The maximum Gasteiger partial charge on any atom is 0.316 e. The van der Waals surface area contributed by atoms with E-state index in [1.165, 1.54) is 22.3 Å². The molecule has 3 aromatic carbocycles. The molecule has 4 rings (SSSR count). The summed E-state index contributed by atoms with van der Waals surface area (Å²) in [7, 11) is 3.31. The van der Waals surface area contributed by atoms with E-state index in [0.29, 0.717) is 23.2 Å². The Bertz CT molecular complexity index is 1370. The first kappa shape index (κ1) is 30.0. The zero-order chi connectivity index (χ0) is 29.6. The molecule has 0 heterocycles. The van der Waals surface area contributed by atoms with Crippen LogP contribution in [0.25, 0.3) is 0 Å². The largest absolute Gasteiger partial charge is 0.493 e. The number of hydrogen-bond donors (Lipinski definition) is 2. The van der Waals surface area contributed by atoms with E-state index >= 15 is 0 Å². The highest BCUT2D eigenvalue weighted by Gasteiger charge is 2.27. The first-order chi connectivity index (χ1) is 19.6. The predicted molar refractivity (Wildman–Crippen MR) is 160 cm³/mol. The van der Waals surface area contributed by atoms with Gasteiger partial charge in [-0.2, -0.15) is 0 Å². The smallest absolute Gasteiger partial charge is 0.316 e. The number of hydrogen-bond acceptors (Lipinski definition) is 6. The number of carboxylic acid groups (broad SMARTS) is 1. The number of carbonyl (C=O) groups is 2. The SMILES string of the molecule is COc1cc(NCCCc2ccc(CC(=O)O)cc2)c([C@H]2CCc3cc(OC(=O)C(C)(C)C)ccc3C2)cc1OC. The van der Waals surface area contributed by atoms with Crippen LogP contribution in [0.5, 0.6) is 17.2 Å². The summed E-state index contributed by atoms with van der Waals surface area (Å²) in [5.74, 6) is 1.25. The predicted octanol–water partition coefficient (Wildman–Crippen LogP) is 6.60. The minimum absolute atomic E-state index is 0.0430. The molecule has 41 heavy (non-hydrogen) atoms. The van der Waals surface area contributed by atoms with Crippen LogP contribution in [-0.4, -0.2) is 37.8 Å². The minimum atomic E-state index is -0.819. The van der Waals surface area contributed by atoms with Gasteiger partial charge < -0.3 is 24.6 Å². The molecule has 1 atom stereocenters. The van der Waals surface area contributed by atoms with Crippen molar-refractivity contribution >= 4 is 17.6 Å². The van der Waals surface area contributed by atoms with Crippen molar-refractivity contribution in [3.63, 3.8) is 0 Å². The number of aryl methyl sites for hydroxylation is 2. The highest BCUT2D eigenvalue weighted by Crippen LogP contribution is 2.42. The summed E-state index contributed by atoms with van der Waals surface area (Å²) in [5.41, 5.74) is 6.19. The monoisotopic (exact) mass is 559 g/mol. The number of carbonyl (C=O) groups excluding carboxylic acids is 1. The van der Waals surface area contributed by atoms with Gasteiger partial charge in [0.05, 0.1) is 26.1 Å². The Balaban J connectivity index is 1.45. The van der Waals surface area contributed by atoms with Crippen molar-refractivity contribution in [3.8, 4) is 17.2 Å². The van der Waals surface area contributed by atoms with Crippen LogP contribution in [0.2, 0.25) is 0 Å². The molecule has 0 unspecified atom stereocenters. The highest BCUT2D eigenvalue weighted by atomic mass is 16.5. The maximum absolute atomic E-state index is 12.4. The molecule has 0 amide bonds. The molecule has 0 saturated carbocycles. The summed E-state index contributed by atoms with van der Waals surface area (Å²) in [5, 5.41) is 12.6. The summed E-state index contributed by atoms with van der Waals surface area (Å²) in [6.07, 6.45) is 4.61. The van der Waals surface area contributed by atoms with Crippen LogP contribution < -0.4 is 19.5 Å². The van der Waals surface area contributed by atoms with Crippen molar-refractivity contribution < 1.29 is 28.9 Å². The molecule has 0 aromatic heterocycles. The lowest BCUT2D eigenvalue weighted by Crippen LogP contribution is -2.25. The molecular formula is C34H41NO6. The lowest BCUT2D eigenvalue weighted by atomic mass is 9.79. The molecule has 7 heteroatoms. The van der Waals surface area contributed by atoms with Gasteiger partial charge in [0, 0.05) is 18.3 Å². The molecule has 0 radical (unpaired) electrons. The lowest BCUT2D eigenvalue weighted by Gasteiger charge is -2.28. The van der Waals surface area contributed by atoms with E-state index in [2.05, 4.69) is 17.4 Å². The number of esters is 1. The molecule has 0 fully saturated rings. The molecule has 2 N–H and O–H groups in total. The van der Waals surface area contributed by atoms with Crippen molar-refractivity contribution in [1.82, 2.24) is 0 Å². The fourth-order valence-corrected chi connectivity index (χ4v) is 5.22. The van der Waals surface area contributed by atoms with Gasteiger partial charge in [0.15, 0.2) is 11.5 Å². The van der Waals surface area contributed by atoms with Crippen molar-refractivity contribution in [2.75, 3.05) is 26.1 Å². The van der Waals surface area contributed by atoms with Gasteiger partial charge in [0.2, 0.25) is 0 Å². The second-order valence-electron chi connectivity index (χ2n) is 11.7. The third kappa shape index (κ3) is 7.81. The van der Waals surface area contributed by atoms with Crippen LogP contribution >= 0.6 is 0 Å². The van der Waals surface area contributed by atoms with Crippen molar-refractivity contribution in [3.05, 3.63) is 82.4 Å². The highest BCUT2D eigenvalue weighted by molar-refractivity contribution is 5.78. The first-order valence-corrected chi connectivity index (χ1v) is 14.2. The lowest BCUT2D eigenvalue weighted by molar-refractivity contribution is -0.143. The van der Waals surface area contributed by atoms with Crippen molar-refractivity contribution in [2.24, 2.45) is 5.41 Å². The van der Waals surface area contributed by atoms with Crippen LogP contribution in [0.15, 0.2) is 54.6 Å². The van der Waals surface area contributed by atoms with Gasteiger partial charge >= 0.3 is 11.9 Å². The number of rotatable bonds is 11. The Morgan fingerprint density at radius 2 is 1.61 bits per heavy atom. The molecule has 0 aliphatic heterocycles. The van der Waals surface area contributed by atoms with Crippen LogP contribution in [-0.2, 0) is 35.3 Å². The summed E-state index contributed by atoms with van der Waals surface area (Å²) >= 11 is 0. The second-order valence-corrected chi connectivity index (χ2v) is 11.7. The average molecular weight is 560 g/mol. The van der Waals surface area contributed by atoms with Gasteiger partial charge in [-0.3, -0.25) is 9.59 Å². The van der Waals surface area contributed by atoms with E-state index in [-0.39, 0.29) is 12.4 Å². The maximum atomic E-state index is 12.4. The molecule has 0 bridgehead atoms. The second kappa shape index (κ2) is 13.1. The molecule has 1 aliphatic rings. The molecule has 218 valence electrons. The Morgan fingerprint density at radius 3 is 2.27 bits per heavy atom. The number of nitrogens with one attached hydrogen (secondary N) is 1. The molecule has 0 saturated heterocycles. The number of ether oxygens (including phenoxy) is 3. The van der Waals surface area contributed by atoms with E-state index in [1.54, 1.807) is 14.2 Å². The average Bonchev–Trinajstić information content (AvgIpc) is 2.94. The van der Waals surface area contributed by atoms with Crippen LogP contribution in [0, 0.1) is 5.41 Å². The van der Waals surface area contributed by atoms with E-state index in [4.69, 9.17) is 19.3 Å².